The van der Waals surface area contributed by atoms with E-state index in [-0.39, 0.29) is 23.5 Å². The number of carbonyl (C=O) groups is 1. The van der Waals surface area contributed by atoms with Crippen molar-refractivity contribution in [1.82, 2.24) is 20.2 Å². The van der Waals surface area contributed by atoms with Crippen LogP contribution in [0, 0.1) is 12.3 Å². The lowest BCUT2D eigenvalue weighted by Crippen LogP contribution is -2.45. The third-order valence-corrected chi connectivity index (χ3v) is 4.46. The summed E-state index contributed by atoms with van der Waals surface area (Å²) in [7, 11) is 0. The molecule has 6 heteroatoms. The van der Waals surface area contributed by atoms with Crippen molar-refractivity contribution in [2.75, 3.05) is 0 Å². The Kier molecular flexibility index (Phi) is 4.39. The van der Waals surface area contributed by atoms with Gasteiger partial charge in [0.05, 0.1) is 12.4 Å². The monoisotopic (exact) mass is 330 g/mol. The molecule has 0 radical (unpaired) electrons. The van der Waals surface area contributed by atoms with Gasteiger partial charge in [0, 0.05) is 37.0 Å². The Morgan fingerprint density at radius 2 is 2.33 bits per heavy atom. The first-order chi connectivity index (χ1) is 11.3. The summed E-state index contributed by atoms with van der Waals surface area (Å²) in [5, 5.41) is 6.12. The highest BCUT2D eigenvalue weighted by molar-refractivity contribution is 5.74. The molecule has 2 atom stereocenters. The number of furan rings is 1. The highest BCUT2D eigenvalue weighted by atomic mass is 16.3. The van der Waals surface area contributed by atoms with E-state index in [9.17, 15) is 4.79 Å². The molecule has 2 aromatic rings. The molecule has 0 saturated heterocycles. The van der Waals surface area contributed by atoms with Crippen LogP contribution < -0.4 is 10.6 Å². The lowest BCUT2D eigenvalue weighted by atomic mass is 9.75. The zero-order valence-electron chi connectivity index (χ0n) is 14.8. The maximum absolute atomic E-state index is 12.4. The van der Waals surface area contributed by atoms with Gasteiger partial charge in [0.15, 0.2) is 0 Å². The van der Waals surface area contributed by atoms with Crippen LogP contribution in [0.2, 0.25) is 0 Å². The van der Waals surface area contributed by atoms with Crippen molar-refractivity contribution < 1.29 is 9.21 Å². The molecule has 3 rings (SSSR count). The van der Waals surface area contributed by atoms with E-state index in [2.05, 4.69) is 29.5 Å². The van der Waals surface area contributed by atoms with Crippen molar-refractivity contribution in [2.24, 2.45) is 5.41 Å². The Morgan fingerprint density at radius 1 is 1.54 bits per heavy atom. The number of nitrogens with zero attached hydrogens (tertiary/aromatic N) is 2. The molecular formula is C18H26N4O2. The number of amides is 2. The van der Waals surface area contributed by atoms with E-state index in [0.717, 1.165) is 29.9 Å². The fourth-order valence-electron chi connectivity index (χ4n) is 3.49. The molecule has 0 spiro atoms. The first kappa shape index (κ1) is 16.6. The van der Waals surface area contributed by atoms with Crippen LogP contribution in [0.3, 0.4) is 0 Å². The number of fused-ring (bicyclic) bond motifs is 1. The van der Waals surface area contributed by atoms with Gasteiger partial charge in [-0.3, -0.25) is 0 Å². The molecule has 0 saturated carbocycles. The lowest BCUT2D eigenvalue weighted by molar-refractivity contribution is 0.211. The number of aromatic nitrogens is 2. The van der Waals surface area contributed by atoms with Gasteiger partial charge in [0.2, 0.25) is 0 Å². The van der Waals surface area contributed by atoms with Crippen molar-refractivity contribution in [3.05, 3.63) is 41.9 Å². The average Bonchev–Trinajstić information content (AvgIpc) is 3.06. The minimum atomic E-state index is -0.143. The van der Waals surface area contributed by atoms with Crippen LogP contribution in [0.25, 0.3) is 0 Å². The summed E-state index contributed by atoms with van der Waals surface area (Å²) in [6.45, 7) is 9.05. The van der Waals surface area contributed by atoms with Crippen LogP contribution in [0.15, 0.2) is 29.2 Å². The van der Waals surface area contributed by atoms with Gasteiger partial charge in [0.1, 0.15) is 11.5 Å². The SMILES string of the molecule is Cc1cc2c(o1)CC(C)(C)CC2NC(=O)NC(C)Cn1ccnc1. The quantitative estimate of drug-likeness (QED) is 0.904. The minimum absolute atomic E-state index is 0.0124. The van der Waals surface area contributed by atoms with E-state index in [1.54, 1.807) is 12.5 Å². The Hall–Kier alpha value is -2.24. The molecule has 2 amide bonds. The fraction of sp³-hybridized carbons (Fsp3) is 0.556. The van der Waals surface area contributed by atoms with E-state index in [1.165, 1.54) is 0 Å². The molecule has 2 unspecified atom stereocenters. The van der Waals surface area contributed by atoms with Crippen molar-refractivity contribution in [3.63, 3.8) is 0 Å². The predicted molar refractivity (Wildman–Crippen MR) is 91.6 cm³/mol. The molecule has 0 bridgehead atoms. The molecule has 6 nitrogen and oxygen atoms in total. The zero-order valence-corrected chi connectivity index (χ0v) is 14.8. The largest absolute Gasteiger partial charge is 0.466 e. The number of nitrogens with one attached hydrogen (secondary N) is 2. The van der Waals surface area contributed by atoms with Gasteiger partial charge in [-0.05, 0) is 31.7 Å². The summed E-state index contributed by atoms with van der Waals surface area (Å²) >= 11 is 0. The molecule has 24 heavy (non-hydrogen) atoms. The standard InChI is InChI=1S/C18H26N4O2/c1-12(10-22-6-5-19-11-22)20-17(23)21-15-8-18(3,4)9-16-14(15)7-13(2)24-16/h5-7,11-12,15H,8-10H2,1-4H3,(H2,20,21,23). The first-order valence-corrected chi connectivity index (χ1v) is 8.44. The molecule has 130 valence electrons. The number of aryl methyl sites for hydroxylation is 1. The summed E-state index contributed by atoms with van der Waals surface area (Å²) < 4.78 is 7.77. The Bertz CT molecular complexity index is 703. The van der Waals surface area contributed by atoms with Crippen LogP contribution in [-0.2, 0) is 13.0 Å². The Morgan fingerprint density at radius 3 is 3.04 bits per heavy atom. The molecule has 0 aromatic carbocycles. The summed E-state index contributed by atoms with van der Waals surface area (Å²) in [5.41, 5.74) is 1.22. The van der Waals surface area contributed by atoms with Gasteiger partial charge in [-0.15, -0.1) is 0 Å². The van der Waals surface area contributed by atoms with Crippen molar-refractivity contribution >= 4 is 6.03 Å². The fourth-order valence-corrected chi connectivity index (χ4v) is 3.49. The van der Waals surface area contributed by atoms with Gasteiger partial charge in [-0.2, -0.15) is 0 Å². The summed E-state index contributed by atoms with van der Waals surface area (Å²) in [5.74, 6) is 1.90. The maximum atomic E-state index is 12.4. The van der Waals surface area contributed by atoms with Crippen molar-refractivity contribution in [2.45, 2.75) is 59.2 Å². The molecule has 2 N–H and O–H groups in total. The first-order valence-electron chi connectivity index (χ1n) is 8.44. The van der Waals surface area contributed by atoms with Crippen LogP contribution in [0.1, 0.15) is 50.3 Å². The number of imidazole rings is 1. The molecule has 2 heterocycles. The highest BCUT2D eigenvalue weighted by Gasteiger charge is 2.35. The van der Waals surface area contributed by atoms with Crippen LogP contribution >= 0.6 is 0 Å². The van der Waals surface area contributed by atoms with Gasteiger partial charge in [0.25, 0.3) is 0 Å². The molecule has 0 aliphatic heterocycles. The van der Waals surface area contributed by atoms with Gasteiger partial charge < -0.3 is 19.6 Å². The maximum Gasteiger partial charge on any atom is 0.315 e. The highest BCUT2D eigenvalue weighted by Crippen LogP contribution is 2.41. The third kappa shape index (κ3) is 3.80. The molecule has 1 aliphatic rings. The summed E-state index contributed by atoms with van der Waals surface area (Å²) in [6.07, 6.45) is 7.19. The van der Waals surface area contributed by atoms with Gasteiger partial charge >= 0.3 is 6.03 Å². The summed E-state index contributed by atoms with van der Waals surface area (Å²) in [6, 6.07) is 1.91. The van der Waals surface area contributed by atoms with Gasteiger partial charge in [-0.25, -0.2) is 9.78 Å². The predicted octanol–water partition coefficient (Wildman–Crippen LogP) is 3.19. The normalized spacial score (nSPS) is 20.2. The van der Waals surface area contributed by atoms with E-state index in [4.69, 9.17) is 4.42 Å². The average molecular weight is 330 g/mol. The molecule has 1 aliphatic carbocycles. The van der Waals surface area contributed by atoms with E-state index in [0.29, 0.717) is 6.54 Å². The van der Waals surface area contributed by atoms with Crippen molar-refractivity contribution in [1.29, 1.82) is 0 Å². The smallest absolute Gasteiger partial charge is 0.315 e. The second kappa shape index (κ2) is 6.34. The second-order valence-electron chi connectivity index (χ2n) is 7.61. The topological polar surface area (TPSA) is 72.1 Å². The minimum Gasteiger partial charge on any atom is -0.466 e. The van der Waals surface area contributed by atoms with E-state index < -0.39 is 0 Å². The number of rotatable bonds is 4. The van der Waals surface area contributed by atoms with E-state index >= 15 is 0 Å². The van der Waals surface area contributed by atoms with Crippen LogP contribution in [-0.4, -0.2) is 21.6 Å². The molecule has 0 fully saturated rings. The van der Waals surface area contributed by atoms with Crippen molar-refractivity contribution in [3.8, 4) is 0 Å². The second-order valence-corrected chi connectivity index (χ2v) is 7.61. The number of urea groups is 1. The number of carbonyl (C=O) groups excluding carboxylic acids is 1. The Labute approximate surface area is 142 Å². The number of hydrogen-bond donors (Lipinski definition) is 2. The molecule has 2 aromatic heterocycles. The zero-order chi connectivity index (χ0) is 17.3. The van der Waals surface area contributed by atoms with E-state index in [1.807, 2.05) is 30.7 Å². The van der Waals surface area contributed by atoms with Gasteiger partial charge in [-0.1, -0.05) is 13.8 Å². The summed E-state index contributed by atoms with van der Waals surface area (Å²) in [4.78, 5) is 16.4. The van der Waals surface area contributed by atoms with Crippen LogP contribution in [0.4, 0.5) is 4.79 Å². The number of hydrogen-bond acceptors (Lipinski definition) is 3. The lowest BCUT2D eigenvalue weighted by Gasteiger charge is -2.34. The van der Waals surface area contributed by atoms with Crippen LogP contribution in [0.5, 0.6) is 0 Å². The molecular weight excluding hydrogens is 304 g/mol. The Balaban J connectivity index is 1.63. The third-order valence-electron chi connectivity index (χ3n) is 4.46.